The molecular formula is C11H16BrNO3. The lowest BCUT2D eigenvalue weighted by molar-refractivity contribution is -0.123. The molecule has 2 fully saturated rings. The van der Waals surface area contributed by atoms with Gasteiger partial charge >= 0.3 is 6.09 Å². The monoisotopic (exact) mass is 289 g/mol. The van der Waals surface area contributed by atoms with Crippen LogP contribution >= 0.6 is 15.9 Å². The molecule has 2 unspecified atom stereocenters. The molecule has 16 heavy (non-hydrogen) atoms. The van der Waals surface area contributed by atoms with Gasteiger partial charge in [0.1, 0.15) is 11.6 Å². The van der Waals surface area contributed by atoms with Gasteiger partial charge in [-0.1, -0.05) is 15.9 Å². The highest BCUT2D eigenvalue weighted by atomic mass is 79.9. The number of carbonyl (C=O) groups excluding carboxylic acids is 2. The number of hydrogen-bond acceptors (Lipinski definition) is 3. The van der Waals surface area contributed by atoms with E-state index in [1.807, 2.05) is 20.8 Å². The van der Waals surface area contributed by atoms with Crippen LogP contribution in [0.15, 0.2) is 0 Å². The van der Waals surface area contributed by atoms with Crippen LogP contribution in [0.4, 0.5) is 4.79 Å². The zero-order valence-electron chi connectivity index (χ0n) is 9.70. The summed E-state index contributed by atoms with van der Waals surface area (Å²) in [5.74, 6) is 0.397. The van der Waals surface area contributed by atoms with Crippen molar-refractivity contribution in [2.45, 2.75) is 43.7 Å². The van der Waals surface area contributed by atoms with E-state index in [0.717, 1.165) is 0 Å². The van der Waals surface area contributed by atoms with Crippen molar-refractivity contribution in [1.29, 1.82) is 0 Å². The number of halogens is 1. The van der Waals surface area contributed by atoms with Gasteiger partial charge in [-0.2, -0.15) is 0 Å². The molecule has 2 rings (SSSR count). The predicted octanol–water partition coefficient (Wildman–Crippen LogP) is 1.96. The van der Waals surface area contributed by atoms with E-state index in [4.69, 9.17) is 4.74 Å². The van der Waals surface area contributed by atoms with Gasteiger partial charge in [0.2, 0.25) is 0 Å². The Morgan fingerprint density at radius 3 is 2.56 bits per heavy atom. The summed E-state index contributed by atoms with van der Waals surface area (Å²) in [6.45, 7) is 6.10. The van der Waals surface area contributed by atoms with Crippen LogP contribution in [0, 0.1) is 5.92 Å². The molecule has 1 aliphatic heterocycles. The summed E-state index contributed by atoms with van der Waals surface area (Å²) in [5.41, 5.74) is -0.510. The molecule has 1 saturated heterocycles. The normalized spacial score (nSPS) is 33.4. The Balaban J connectivity index is 2.08. The van der Waals surface area contributed by atoms with Gasteiger partial charge < -0.3 is 4.74 Å². The number of rotatable bonds is 0. The lowest BCUT2D eigenvalue weighted by Gasteiger charge is -2.29. The zero-order valence-corrected chi connectivity index (χ0v) is 11.3. The average Bonchev–Trinajstić information content (AvgIpc) is 2.54. The molecule has 1 heterocycles. The molecule has 0 aromatic heterocycles. The van der Waals surface area contributed by atoms with Gasteiger partial charge in [0.15, 0.2) is 5.78 Å². The molecule has 4 nitrogen and oxygen atoms in total. The van der Waals surface area contributed by atoms with E-state index < -0.39 is 5.60 Å². The second-order valence-corrected chi connectivity index (χ2v) is 6.51. The quantitative estimate of drug-likeness (QED) is 0.641. The number of hydrogen-bond donors (Lipinski definition) is 0. The van der Waals surface area contributed by atoms with Crippen LogP contribution in [0.1, 0.15) is 27.2 Å². The predicted molar refractivity (Wildman–Crippen MR) is 62.6 cm³/mol. The maximum absolute atomic E-state index is 11.9. The van der Waals surface area contributed by atoms with Crippen molar-refractivity contribution in [3.05, 3.63) is 0 Å². The fraction of sp³-hybridized carbons (Fsp3) is 0.818. The first-order valence-electron chi connectivity index (χ1n) is 5.46. The summed E-state index contributed by atoms with van der Waals surface area (Å²) >= 11 is 3.49. The van der Waals surface area contributed by atoms with Crippen LogP contribution < -0.4 is 0 Å². The average molecular weight is 290 g/mol. The maximum Gasteiger partial charge on any atom is 0.410 e. The Morgan fingerprint density at radius 1 is 1.50 bits per heavy atom. The third kappa shape index (κ3) is 1.97. The van der Waals surface area contributed by atoms with E-state index in [0.29, 0.717) is 13.0 Å². The highest BCUT2D eigenvalue weighted by Crippen LogP contribution is 2.40. The van der Waals surface area contributed by atoms with Gasteiger partial charge in [0.25, 0.3) is 0 Å². The molecule has 0 radical (unpaired) electrons. The third-order valence-electron chi connectivity index (χ3n) is 2.94. The van der Waals surface area contributed by atoms with Crippen LogP contribution in [-0.4, -0.2) is 39.8 Å². The number of piperidine rings is 1. The van der Waals surface area contributed by atoms with Gasteiger partial charge in [0, 0.05) is 17.8 Å². The van der Waals surface area contributed by atoms with Crippen LogP contribution in [0.5, 0.6) is 0 Å². The van der Waals surface area contributed by atoms with Gasteiger partial charge in [-0.3, -0.25) is 9.69 Å². The van der Waals surface area contributed by atoms with Crippen LogP contribution in [0.25, 0.3) is 0 Å². The number of nitrogens with zero attached hydrogens (tertiary/aromatic N) is 1. The summed E-state index contributed by atoms with van der Waals surface area (Å²) < 4.78 is 5.28. The zero-order chi connectivity index (χ0) is 12.1. The van der Waals surface area contributed by atoms with E-state index in [9.17, 15) is 9.59 Å². The van der Waals surface area contributed by atoms with Gasteiger partial charge in [-0.05, 0) is 26.7 Å². The summed E-state index contributed by atoms with van der Waals surface area (Å²) in [7, 11) is 0. The van der Waals surface area contributed by atoms with Crippen molar-refractivity contribution in [3.63, 3.8) is 0 Å². The summed E-state index contributed by atoms with van der Waals surface area (Å²) in [5, 5.41) is 0. The molecule has 90 valence electrons. The summed E-state index contributed by atoms with van der Waals surface area (Å²) in [6.07, 6.45) is 0.206. The first-order chi connectivity index (χ1) is 7.29. The summed E-state index contributed by atoms with van der Waals surface area (Å²) in [4.78, 5) is 25.2. The van der Waals surface area contributed by atoms with Crippen LogP contribution in [0.3, 0.4) is 0 Å². The Bertz CT molecular complexity index is 337. The highest BCUT2D eigenvalue weighted by molar-refractivity contribution is 9.09. The smallest absolute Gasteiger partial charge is 0.410 e. The largest absolute Gasteiger partial charge is 0.444 e. The first-order valence-corrected chi connectivity index (χ1v) is 6.37. The standard InChI is InChI=1S/C11H16BrNO3/c1-11(2,3)16-10(15)13-5-6-4-7(14)9(13)8(6)12/h6,8-9H,4-5H2,1-3H3/t6?,8-,9?/m0/s1. The lowest BCUT2D eigenvalue weighted by atomic mass is 10.1. The van der Waals surface area contributed by atoms with Gasteiger partial charge in [-0.25, -0.2) is 4.79 Å². The maximum atomic E-state index is 11.9. The molecule has 3 atom stereocenters. The number of fused-ring (bicyclic) bond motifs is 2. The number of Topliss-reactive ketones (excluding diaryl/α,β-unsaturated/α-hetero) is 1. The fourth-order valence-electron chi connectivity index (χ4n) is 2.31. The van der Waals surface area contributed by atoms with Crippen molar-refractivity contribution in [2.75, 3.05) is 6.54 Å². The van der Waals surface area contributed by atoms with Crippen molar-refractivity contribution in [3.8, 4) is 0 Å². The second-order valence-electron chi connectivity index (χ2n) is 5.45. The molecule has 1 aliphatic carbocycles. The first kappa shape index (κ1) is 11.9. The molecule has 0 N–H and O–H groups in total. The second kappa shape index (κ2) is 3.72. The van der Waals surface area contributed by atoms with Crippen molar-refractivity contribution in [2.24, 2.45) is 5.92 Å². The third-order valence-corrected chi connectivity index (χ3v) is 4.19. The van der Waals surface area contributed by atoms with Crippen molar-refractivity contribution >= 4 is 27.8 Å². The minimum atomic E-state index is -0.510. The highest BCUT2D eigenvalue weighted by Gasteiger charge is 2.53. The van der Waals surface area contributed by atoms with E-state index in [-0.39, 0.29) is 28.7 Å². The van der Waals surface area contributed by atoms with E-state index in [1.165, 1.54) is 0 Å². The number of carbonyl (C=O) groups is 2. The number of alkyl halides is 1. The number of amides is 1. The number of ketones is 1. The molecule has 0 spiro atoms. The molecule has 1 amide bonds. The van der Waals surface area contributed by atoms with Crippen molar-refractivity contribution in [1.82, 2.24) is 4.90 Å². The van der Waals surface area contributed by atoms with Crippen molar-refractivity contribution < 1.29 is 14.3 Å². The SMILES string of the molecule is CC(C)(C)OC(=O)N1CC2CC(=O)C1[C@H]2Br. The molecule has 0 aromatic carbocycles. The van der Waals surface area contributed by atoms with E-state index >= 15 is 0 Å². The molecule has 0 aromatic rings. The van der Waals surface area contributed by atoms with E-state index in [1.54, 1.807) is 4.90 Å². The molecule has 2 aliphatic rings. The van der Waals surface area contributed by atoms with E-state index in [2.05, 4.69) is 15.9 Å². The minimum Gasteiger partial charge on any atom is -0.444 e. The van der Waals surface area contributed by atoms with Gasteiger partial charge in [0.05, 0.1) is 0 Å². The Kier molecular flexibility index (Phi) is 2.77. The Labute approximate surface area is 103 Å². The topological polar surface area (TPSA) is 46.6 Å². The van der Waals surface area contributed by atoms with Crippen LogP contribution in [0.2, 0.25) is 0 Å². The Hall–Kier alpha value is -0.580. The molecular weight excluding hydrogens is 274 g/mol. The van der Waals surface area contributed by atoms with Crippen LogP contribution in [-0.2, 0) is 9.53 Å². The molecule has 5 heteroatoms. The van der Waals surface area contributed by atoms with Gasteiger partial charge in [-0.15, -0.1) is 0 Å². The molecule has 1 saturated carbocycles. The lowest BCUT2D eigenvalue weighted by Crippen LogP contribution is -2.46. The number of ether oxygens (including phenoxy) is 1. The summed E-state index contributed by atoms with van der Waals surface area (Å²) in [6, 6.07) is -0.320. The Morgan fingerprint density at radius 2 is 2.12 bits per heavy atom. The molecule has 2 bridgehead atoms. The fourth-order valence-corrected chi connectivity index (χ4v) is 3.25. The minimum absolute atomic E-state index is 0.104. The number of likely N-dealkylation sites (tertiary alicyclic amines) is 1.